The van der Waals surface area contributed by atoms with E-state index in [2.05, 4.69) is 16.3 Å². The van der Waals surface area contributed by atoms with Crippen LogP contribution in [0.15, 0.2) is 36.4 Å². The number of benzene rings is 2. The van der Waals surface area contributed by atoms with Crippen molar-refractivity contribution in [3.8, 4) is 6.07 Å². The first-order chi connectivity index (χ1) is 19.2. The largest absolute Gasteiger partial charge is 0.433 e. The molecule has 3 unspecified atom stereocenters. The lowest BCUT2D eigenvalue weighted by atomic mass is 9.80. The maximum Gasteiger partial charge on any atom is 0.419 e. The van der Waals surface area contributed by atoms with Crippen molar-refractivity contribution in [3.63, 3.8) is 0 Å². The molecule has 0 spiro atoms. The van der Waals surface area contributed by atoms with Crippen LogP contribution in [-0.4, -0.2) is 59.1 Å². The summed E-state index contributed by atoms with van der Waals surface area (Å²) in [7, 11) is 0. The summed E-state index contributed by atoms with van der Waals surface area (Å²) in [5, 5.41) is 12.2. The Morgan fingerprint density at radius 2 is 1.77 bits per heavy atom. The molecule has 0 radical (unpaired) electrons. The molecule has 5 rings (SSSR count). The predicted octanol–water partition coefficient (Wildman–Crippen LogP) is 3.83. The van der Waals surface area contributed by atoms with E-state index in [4.69, 9.17) is 10.5 Å². The number of halogens is 3. The van der Waals surface area contributed by atoms with Gasteiger partial charge in [-0.15, -0.1) is 0 Å². The highest BCUT2D eigenvalue weighted by molar-refractivity contribution is 5.97. The summed E-state index contributed by atoms with van der Waals surface area (Å²) in [6.07, 6.45) is 1.42. The van der Waals surface area contributed by atoms with Crippen molar-refractivity contribution in [3.05, 3.63) is 70.5 Å². The molecule has 3 N–H and O–H groups in total. The van der Waals surface area contributed by atoms with Crippen LogP contribution in [0.5, 0.6) is 0 Å². The van der Waals surface area contributed by atoms with Crippen LogP contribution in [0.4, 0.5) is 22.8 Å². The SMILES string of the molecule is N#Cc1cc(F)ccc1C1CCC(N2CCC(NC(=O)N3C(=O)OC(C(N)=O)C3c3ccc(F)c(F)c3)C2)CC1. The smallest absolute Gasteiger partial charge is 0.419 e. The Balaban J connectivity index is 1.21. The lowest BCUT2D eigenvalue weighted by Crippen LogP contribution is -2.48. The van der Waals surface area contributed by atoms with E-state index < -0.39 is 47.6 Å². The highest BCUT2D eigenvalue weighted by Gasteiger charge is 2.50. The van der Waals surface area contributed by atoms with Crippen molar-refractivity contribution >= 4 is 18.0 Å². The van der Waals surface area contributed by atoms with Gasteiger partial charge in [-0.1, -0.05) is 12.1 Å². The molecule has 2 heterocycles. The summed E-state index contributed by atoms with van der Waals surface area (Å²) >= 11 is 0. The fraction of sp³-hybridized carbons (Fsp3) is 0.429. The minimum Gasteiger partial charge on any atom is -0.433 e. The summed E-state index contributed by atoms with van der Waals surface area (Å²) < 4.78 is 46.0. The number of rotatable bonds is 5. The molecule has 3 atom stereocenters. The Morgan fingerprint density at radius 1 is 1.02 bits per heavy atom. The number of imide groups is 1. The van der Waals surface area contributed by atoms with Crippen LogP contribution in [0.1, 0.15) is 60.8 Å². The first-order valence-corrected chi connectivity index (χ1v) is 13.1. The first kappa shape index (κ1) is 27.5. The van der Waals surface area contributed by atoms with E-state index in [1.54, 1.807) is 6.07 Å². The third-order valence-electron chi connectivity index (χ3n) is 8.11. The Labute approximate surface area is 228 Å². The zero-order valence-corrected chi connectivity index (χ0v) is 21.5. The number of urea groups is 1. The number of ether oxygens (including phenoxy) is 1. The number of hydrogen-bond acceptors (Lipinski definition) is 6. The van der Waals surface area contributed by atoms with Gasteiger partial charge in [0.15, 0.2) is 11.6 Å². The second-order valence-corrected chi connectivity index (χ2v) is 10.5. The fourth-order valence-corrected chi connectivity index (χ4v) is 6.14. The zero-order valence-electron chi connectivity index (χ0n) is 21.5. The van der Waals surface area contributed by atoms with Gasteiger partial charge in [-0.25, -0.2) is 27.7 Å². The molecular formula is C28H28F3N5O4. The molecular weight excluding hydrogens is 527 g/mol. The number of cyclic esters (lactones) is 1. The Morgan fingerprint density at radius 3 is 2.45 bits per heavy atom. The third-order valence-corrected chi connectivity index (χ3v) is 8.11. The lowest BCUT2D eigenvalue weighted by molar-refractivity contribution is -0.125. The van der Waals surface area contributed by atoms with E-state index in [0.29, 0.717) is 23.4 Å². The van der Waals surface area contributed by atoms with Crippen LogP contribution >= 0.6 is 0 Å². The molecule has 2 aromatic carbocycles. The topological polar surface area (TPSA) is 129 Å². The first-order valence-electron chi connectivity index (χ1n) is 13.1. The normalized spacial score (nSPS) is 26.8. The minimum absolute atomic E-state index is 0.00535. The predicted molar refractivity (Wildman–Crippen MR) is 135 cm³/mol. The second-order valence-electron chi connectivity index (χ2n) is 10.5. The number of hydrogen-bond donors (Lipinski definition) is 2. The summed E-state index contributed by atoms with van der Waals surface area (Å²) in [6, 6.07) is 7.06. The van der Waals surface area contributed by atoms with Crippen LogP contribution in [0.25, 0.3) is 0 Å². The van der Waals surface area contributed by atoms with E-state index >= 15 is 0 Å². The van der Waals surface area contributed by atoms with Crippen LogP contribution < -0.4 is 11.1 Å². The third kappa shape index (κ3) is 5.34. The molecule has 2 saturated heterocycles. The van der Waals surface area contributed by atoms with Gasteiger partial charge in [0.25, 0.3) is 5.91 Å². The molecule has 40 heavy (non-hydrogen) atoms. The average molecular weight is 556 g/mol. The van der Waals surface area contributed by atoms with Crippen LogP contribution in [0, 0.1) is 28.8 Å². The van der Waals surface area contributed by atoms with E-state index in [0.717, 1.165) is 49.9 Å². The van der Waals surface area contributed by atoms with Gasteiger partial charge in [0.05, 0.1) is 11.6 Å². The molecule has 2 aliphatic heterocycles. The summed E-state index contributed by atoms with van der Waals surface area (Å²) in [4.78, 5) is 40.7. The van der Waals surface area contributed by atoms with Gasteiger partial charge in [-0.05, 0) is 73.4 Å². The number of amides is 4. The molecule has 1 aliphatic carbocycles. The van der Waals surface area contributed by atoms with Crippen molar-refractivity contribution in [2.45, 2.75) is 62.3 Å². The highest BCUT2D eigenvalue weighted by Crippen LogP contribution is 2.38. The van der Waals surface area contributed by atoms with Crippen molar-refractivity contribution in [1.82, 2.24) is 15.1 Å². The van der Waals surface area contributed by atoms with Crippen LogP contribution in [-0.2, 0) is 9.53 Å². The zero-order chi connectivity index (χ0) is 28.6. The van der Waals surface area contributed by atoms with E-state index in [-0.39, 0.29) is 23.6 Å². The fourth-order valence-electron chi connectivity index (χ4n) is 6.14. The summed E-state index contributed by atoms with van der Waals surface area (Å²) in [5.41, 5.74) is 6.61. The van der Waals surface area contributed by atoms with Crippen molar-refractivity contribution in [2.24, 2.45) is 5.73 Å². The van der Waals surface area contributed by atoms with Gasteiger partial charge in [-0.2, -0.15) is 5.26 Å². The van der Waals surface area contributed by atoms with Crippen LogP contribution in [0.3, 0.4) is 0 Å². The number of carbonyl (C=O) groups is 3. The summed E-state index contributed by atoms with van der Waals surface area (Å²) in [5.74, 6) is -3.60. The van der Waals surface area contributed by atoms with Crippen molar-refractivity contribution < 1.29 is 32.3 Å². The molecule has 0 aromatic heterocycles. The van der Waals surface area contributed by atoms with E-state index in [1.165, 1.54) is 18.2 Å². The molecule has 3 aliphatic rings. The van der Waals surface area contributed by atoms with Crippen molar-refractivity contribution in [1.29, 1.82) is 5.26 Å². The van der Waals surface area contributed by atoms with Gasteiger partial charge in [0.1, 0.15) is 11.9 Å². The number of nitrogens with one attached hydrogen (secondary N) is 1. The van der Waals surface area contributed by atoms with Crippen molar-refractivity contribution in [2.75, 3.05) is 13.1 Å². The molecule has 4 amide bonds. The van der Waals surface area contributed by atoms with Crippen LogP contribution in [0.2, 0.25) is 0 Å². The molecule has 12 heteroatoms. The van der Waals surface area contributed by atoms with Gasteiger partial charge < -0.3 is 15.8 Å². The highest BCUT2D eigenvalue weighted by atomic mass is 19.2. The Kier molecular flexibility index (Phi) is 7.67. The number of nitrogens with zero attached hydrogens (tertiary/aromatic N) is 3. The average Bonchev–Trinajstić information content (AvgIpc) is 3.54. The second kappa shape index (κ2) is 11.2. The monoisotopic (exact) mass is 555 g/mol. The minimum atomic E-state index is -1.55. The Bertz CT molecular complexity index is 1370. The number of nitrogens with two attached hydrogens (primary N) is 1. The number of carbonyl (C=O) groups excluding carboxylic acids is 3. The number of likely N-dealkylation sites (tertiary alicyclic amines) is 1. The molecule has 3 fully saturated rings. The molecule has 1 saturated carbocycles. The molecule has 0 bridgehead atoms. The number of nitriles is 1. The molecule has 210 valence electrons. The molecule has 9 nitrogen and oxygen atoms in total. The maximum atomic E-state index is 13.9. The molecule has 2 aromatic rings. The van der Waals surface area contributed by atoms with Gasteiger partial charge in [0, 0.05) is 25.2 Å². The van der Waals surface area contributed by atoms with Gasteiger partial charge >= 0.3 is 12.1 Å². The Hall–Kier alpha value is -4.11. The summed E-state index contributed by atoms with van der Waals surface area (Å²) in [6.45, 7) is 1.26. The van der Waals surface area contributed by atoms with E-state index in [1.807, 2.05) is 0 Å². The quantitative estimate of drug-likeness (QED) is 0.577. The lowest BCUT2D eigenvalue weighted by Gasteiger charge is -2.35. The van der Waals surface area contributed by atoms with Gasteiger partial charge in [0.2, 0.25) is 6.10 Å². The maximum absolute atomic E-state index is 13.9. The van der Waals surface area contributed by atoms with E-state index in [9.17, 15) is 32.8 Å². The standard InChI is InChI=1S/C28H28F3N5O4/c29-18-4-7-21(17(11-18)13-32)15-1-5-20(6-2-15)35-10-9-19(14-35)34-27(38)36-24(25(26(33)37)40-28(36)39)16-3-8-22(30)23(31)12-16/h3-4,7-8,11-12,15,19-20,24-25H,1-2,5-6,9-10,14H2,(H2,33,37)(H,34,38). The number of primary amides is 1. The van der Waals surface area contributed by atoms with Gasteiger partial charge in [-0.3, -0.25) is 9.69 Å².